The summed E-state index contributed by atoms with van der Waals surface area (Å²) in [5.74, 6) is -1.57. The second kappa shape index (κ2) is 10.0. The van der Waals surface area contributed by atoms with Gasteiger partial charge in [-0.2, -0.15) is 0 Å². The third kappa shape index (κ3) is 3.89. The topological polar surface area (TPSA) is 109 Å². The number of ketones is 1. The zero-order valence-corrected chi connectivity index (χ0v) is 21.9. The molecule has 0 radical (unpaired) electrons. The van der Waals surface area contributed by atoms with Gasteiger partial charge in [-0.15, -0.1) is 0 Å². The van der Waals surface area contributed by atoms with Crippen molar-refractivity contribution in [3.05, 3.63) is 59.2 Å². The van der Waals surface area contributed by atoms with Crippen molar-refractivity contribution in [1.82, 2.24) is 9.80 Å². The lowest BCUT2D eigenvalue weighted by Gasteiger charge is -2.36. The largest absolute Gasteiger partial charge is 0.507 e. The first-order valence-electron chi connectivity index (χ1n) is 13.4. The Bertz CT molecular complexity index is 1370. The van der Waals surface area contributed by atoms with Crippen LogP contribution in [-0.4, -0.2) is 91.7 Å². The summed E-state index contributed by atoms with van der Waals surface area (Å²) in [6.07, 6.45) is 0.680. The number of aliphatic hydroxyl groups excluding tert-OH is 1. The molecular weight excluding hydrogens is 502 g/mol. The van der Waals surface area contributed by atoms with Gasteiger partial charge in [0.25, 0.3) is 17.6 Å². The van der Waals surface area contributed by atoms with Crippen molar-refractivity contribution >= 4 is 29.0 Å². The SMILES string of the molecule is CCCN1C(=O)C2(/C(=C(\O)c3ccc4c(c3)OCCO4)C(=O)C(=O)N2CCN2CCOCC2)c2ccccc21. The first kappa shape index (κ1) is 25.4. The number of anilines is 1. The Morgan fingerprint density at radius 2 is 1.67 bits per heavy atom. The van der Waals surface area contributed by atoms with Gasteiger partial charge in [-0.05, 0) is 30.7 Å². The Kier molecular flexibility index (Phi) is 6.52. The molecule has 6 rings (SSSR count). The van der Waals surface area contributed by atoms with Gasteiger partial charge in [0.1, 0.15) is 19.0 Å². The summed E-state index contributed by atoms with van der Waals surface area (Å²) in [6, 6.07) is 12.0. The van der Waals surface area contributed by atoms with Crippen LogP contribution in [0.15, 0.2) is 48.0 Å². The van der Waals surface area contributed by atoms with Gasteiger partial charge in [0.15, 0.2) is 17.0 Å². The number of ether oxygens (including phenoxy) is 3. The number of carbonyl (C=O) groups is 3. The summed E-state index contributed by atoms with van der Waals surface area (Å²) in [6.45, 7) is 6.30. The van der Waals surface area contributed by atoms with Crippen molar-refractivity contribution < 1.29 is 33.7 Å². The van der Waals surface area contributed by atoms with Crippen LogP contribution >= 0.6 is 0 Å². The monoisotopic (exact) mass is 533 g/mol. The number of hydrogen-bond donors (Lipinski definition) is 1. The van der Waals surface area contributed by atoms with Gasteiger partial charge in [-0.1, -0.05) is 25.1 Å². The Hall–Kier alpha value is -3.89. The summed E-state index contributed by atoms with van der Waals surface area (Å²) in [7, 11) is 0. The molecule has 1 N–H and O–H groups in total. The fourth-order valence-corrected chi connectivity index (χ4v) is 6.01. The molecule has 2 fully saturated rings. The summed E-state index contributed by atoms with van der Waals surface area (Å²) in [5, 5.41) is 11.7. The maximum Gasteiger partial charge on any atom is 0.296 e. The predicted octanol–water partition coefficient (Wildman–Crippen LogP) is 2.12. The van der Waals surface area contributed by atoms with E-state index in [0.29, 0.717) is 81.8 Å². The van der Waals surface area contributed by atoms with E-state index in [4.69, 9.17) is 14.2 Å². The zero-order valence-electron chi connectivity index (χ0n) is 21.9. The molecule has 2 aromatic carbocycles. The second-order valence-corrected chi connectivity index (χ2v) is 10.0. The normalized spacial score (nSPS) is 24.1. The van der Waals surface area contributed by atoms with E-state index in [1.54, 1.807) is 35.2 Å². The Morgan fingerprint density at radius 3 is 2.44 bits per heavy atom. The number of carbonyl (C=O) groups excluding carboxylic acids is 3. The van der Waals surface area contributed by atoms with E-state index in [1.165, 1.54) is 4.90 Å². The highest BCUT2D eigenvalue weighted by molar-refractivity contribution is 6.50. The molecule has 4 heterocycles. The van der Waals surface area contributed by atoms with E-state index >= 15 is 0 Å². The molecule has 0 bridgehead atoms. The fourth-order valence-electron chi connectivity index (χ4n) is 6.01. The number of aliphatic hydroxyl groups is 1. The molecule has 10 nitrogen and oxygen atoms in total. The van der Waals surface area contributed by atoms with E-state index in [1.807, 2.05) is 19.1 Å². The fraction of sp³-hybridized carbons (Fsp3) is 0.414. The first-order chi connectivity index (χ1) is 19.0. The first-order valence-corrected chi connectivity index (χ1v) is 13.4. The molecule has 4 aliphatic rings. The quantitative estimate of drug-likeness (QED) is 0.342. The van der Waals surface area contributed by atoms with E-state index in [9.17, 15) is 19.5 Å². The average molecular weight is 534 g/mol. The van der Waals surface area contributed by atoms with Crippen molar-refractivity contribution in [2.24, 2.45) is 0 Å². The number of benzene rings is 2. The summed E-state index contributed by atoms with van der Waals surface area (Å²) in [5.41, 5.74) is -0.575. The number of fused-ring (bicyclic) bond motifs is 3. The van der Waals surface area contributed by atoms with E-state index in [-0.39, 0.29) is 17.7 Å². The molecule has 2 amide bonds. The van der Waals surface area contributed by atoms with Crippen molar-refractivity contribution in [3.63, 3.8) is 0 Å². The lowest BCUT2D eigenvalue weighted by molar-refractivity contribution is -0.144. The van der Waals surface area contributed by atoms with Crippen LogP contribution in [0.3, 0.4) is 0 Å². The molecule has 1 atom stereocenters. The Labute approximate surface area is 226 Å². The lowest BCUT2D eigenvalue weighted by Crippen LogP contribution is -2.54. The van der Waals surface area contributed by atoms with E-state index < -0.39 is 28.9 Å². The number of rotatable bonds is 6. The summed E-state index contributed by atoms with van der Waals surface area (Å²) < 4.78 is 16.7. The minimum Gasteiger partial charge on any atom is -0.507 e. The van der Waals surface area contributed by atoms with Gasteiger partial charge in [0.2, 0.25) is 0 Å². The van der Waals surface area contributed by atoms with Gasteiger partial charge in [0.05, 0.1) is 24.5 Å². The highest BCUT2D eigenvalue weighted by Gasteiger charge is 2.67. The molecule has 4 aliphatic heterocycles. The van der Waals surface area contributed by atoms with Crippen molar-refractivity contribution in [2.45, 2.75) is 18.9 Å². The Balaban J connectivity index is 1.53. The van der Waals surface area contributed by atoms with Crippen LogP contribution < -0.4 is 14.4 Å². The van der Waals surface area contributed by atoms with Crippen LogP contribution in [0.2, 0.25) is 0 Å². The number of morpholine rings is 1. The maximum absolute atomic E-state index is 14.5. The number of amides is 2. The molecule has 39 heavy (non-hydrogen) atoms. The van der Waals surface area contributed by atoms with Crippen LogP contribution in [0, 0.1) is 0 Å². The summed E-state index contributed by atoms with van der Waals surface area (Å²) in [4.78, 5) is 47.1. The number of nitrogens with zero attached hydrogens (tertiary/aromatic N) is 3. The summed E-state index contributed by atoms with van der Waals surface area (Å²) >= 11 is 0. The highest BCUT2D eigenvalue weighted by atomic mass is 16.6. The van der Waals surface area contributed by atoms with Crippen molar-refractivity contribution in [3.8, 4) is 11.5 Å². The van der Waals surface area contributed by atoms with Crippen LogP contribution in [0.1, 0.15) is 24.5 Å². The molecule has 204 valence electrons. The highest BCUT2D eigenvalue weighted by Crippen LogP contribution is 2.53. The number of hydrogen-bond acceptors (Lipinski definition) is 8. The maximum atomic E-state index is 14.5. The molecule has 1 unspecified atom stereocenters. The predicted molar refractivity (Wildman–Crippen MR) is 142 cm³/mol. The van der Waals surface area contributed by atoms with Crippen molar-refractivity contribution in [2.75, 3.05) is 64.1 Å². The van der Waals surface area contributed by atoms with Gasteiger partial charge in [-0.25, -0.2) is 0 Å². The molecule has 10 heteroatoms. The van der Waals surface area contributed by atoms with Crippen LogP contribution in [-0.2, 0) is 24.7 Å². The molecule has 2 aromatic rings. The Morgan fingerprint density at radius 1 is 0.923 bits per heavy atom. The molecule has 0 saturated carbocycles. The van der Waals surface area contributed by atoms with Crippen molar-refractivity contribution in [1.29, 1.82) is 0 Å². The minimum atomic E-state index is -1.77. The molecule has 0 aromatic heterocycles. The number of Topliss-reactive ketones (excluding diaryl/α,β-unsaturated/α-hetero) is 1. The van der Waals surface area contributed by atoms with Gasteiger partial charge >= 0.3 is 0 Å². The van der Waals surface area contributed by atoms with Crippen LogP contribution in [0.4, 0.5) is 5.69 Å². The molecule has 0 aliphatic carbocycles. The van der Waals surface area contributed by atoms with E-state index in [2.05, 4.69) is 4.90 Å². The number of likely N-dealkylation sites (tertiary alicyclic amines) is 1. The zero-order chi connectivity index (χ0) is 27.1. The van der Waals surface area contributed by atoms with Gasteiger partial charge in [-0.3, -0.25) is 19.3 Å². The smallest absolute Gasteiger partial charge is 0.296 e. The van der Waals surface area contributed by atoms with E-state index in [0.717, 1.165) is 0 Å². The van der Waals surface area contributed by atoms with Crippen LogP contribution in [0.25, 0.3) is 5.76 Å². The second-order valence-electron chi connectivity index (χ2n) is 10.0. The molecule has 2 saturated heterocycles. The minimum absolute atomic E-state index is 0.141. The van der Waals surface area contributed by atoms with Gasteiger partial charge in [0, 0.05) is 43.9 Å². The lowest BCUT2D eigenvalue weighted by atomic mass is 9.82. The standard InChI is InChI=1S/C29H31N3O7/c1-2-9-31-21-6-4-3-5-20(21)29(28(31)36)24(25(33)19-7-8-22-23(18-19)39-17-16-38-22)26(34)27(35)32(29)11-10-30-12-14-37-15-13-30/h3-8,18,33H,2,9-17H2,1H3/b25-24-. The third-order valence-corrected chi connectivity index (χ3v) is 7.82. The number of para-hydroxylation sites is 1. The third-order valence-electron chi connectivity index (χ3n) is 7.82. The van der Waals surface area contributed by atoms with Crippen LogP contribution in [0.5, 0.6) is 11.5 Å². The molecular formula is C29H31N3O7. The van der Waals surface area contributed by atoms with Gasteiger partial charge < -0.3 is 29.1 Å². The average Bonchev–Trinajstić information content (AvgIpc) is 3.35. The molecule has 1 spiro atoms.